The number of nitrogens with two attached hydrogens (primary N) is 1. The molecule has 21 heavy (non-hydrogen) atoms. The fraction of sp³-hybridized carbons (Fsp3) is 0.562. The van der Waals surface area contributed by atoms with Crippen LogP contribution in [0.5, 0.6) is 5.75 Å². The minimum atomic E-state index is 0.0815. The zero-order valence-electron chi connectivity index (χ0n) is 12.6. The molecule has 1 aliphatic rings. The molecule has 1 aromatic carbocycles. The molecule has 0 unspecified atom stereocenters. The largest absolute Gasteiger partial charge is 0.497 e. The van der Waals surface area contributed by atoms with Gasteiger partial charge in [-0.2, -0.15) is 0 Å². The van der Waals surface area contributed by atoms with Gasteiger partial charge >= 0.3 is 0 Å². The summed E-state index contributed by atoms with van der Waals surface area (Å²) in [5.74, 6) is 0.844. The average molecular weight is 292 g/mol. The van der Waals surface area contributed by atoms with E-state index in [-0.39, 0.29) is 12.0 Å². The topological polar surface area (TPSA) is 64.8 Å². The van der Waals surface area contributed by atoms with Crippen LogP contribution in [-0.2, 0) is 4.74 Å². The number of carbonyl (C=O) groups is 1. The van der Waals surface area contributed by atoms with Gasteiger partial charge in [-0.1, -0.05) is 0 Å². The van der Waals surface area contributed by atoms with Crippen molar-refractivity contribution in [1.82, 2.24) is 4.90 Å². The lowest BCUT2D eigenvalue weighted by Gasteiger charge is -2.32. The van der Waals surface area contributed by atoms with E-state index in [1.165, 1.54) is 0 Å². The quantitative estimate of drug-likeness (QED) is 0.810. The molecular weight excluding hydrogens is 268 g/mol. The average Bonchev–Trinajstić information content (AvgIpc) is 2.55. The van der Waals surface area contributed by atoms with Crippen LogP contribution in [0.15, 0.2) is 24.3 Å². The summed E-state index contributed by atoms with van der Waals surface area (Å²) < 4.78 is 10.9. The highest BCUT2D eigenvalue weighted by Gasteiger charge is 2.23. The zero-order valence-corrected chi connectivity index (χ0v) is 12.6. The Balaban J connectivity index is 1.82. The Kier molecular flexibility index (Phi) is 6.02. The van der Waals surface area contributed by atoms with Gasteiger partial charge in [0.1, 0.15) is 5.75 Å². The van der Waals surface area contributed by atoms with Gasteiger partial charge in [0, 0.05) is 25.3 Å². The highest BCUT2D eigenvalue weighted by molar-refractivity contribution is 5.94. The molecule has 2 N–H and O–H groups in total. The molecule has 1 aliphatic heterocycles. The van der Waals surface area contributed by atoms with Gasteiger partial charge in [0.15, 0.2) is 0 Å². The van der Waals surface area contributed by atoms with Crippen LogP contribution in [0.25, 0.3) is 0 Å². The van der Waals surface area contributed by atoms with E-state index in [2.05, 4.69) is 0 Å². The molecule has 0 aromatic heterocycles. The Morgan fingerprint density at radius 3 is 2.52 bits per heavy atom. The standard InChI is InChI=1S/C16H24N2O3/c1-20-14-5-3-13(4-6-14)16(19)18-10-7-15(8-11-18)21-12-2-9-17/h3-6,15H,2,7-12,17H2,1H3. The molecule has 1 saturated heterocycles. The molecule has 5 heteroatoms. The first-order valence-electron chi connectivity index (χ1n) is 7.49. The number of likely N-dealkylation sites (tertiary alicyclic amines) is 1. The van der Waals surface area contributed by atoms with Gasteiger partial charge in [-0.05, 0) is 50.1 Å². The minimum absolute atomic E-state index is 0.0815. The minimum Gasteiger partial charge on any atom is -0.497 e. The third kappa shape index (κ3) is 4.44. The summed E-state index contributed by atoms with van der Waals surface area (Å²) in [4.78, 5) is 14.3. The summed E-state index contributed by atoms with van der Waals surface area (Å²) in [6.45, 7) is 2.87. The van der Waals surface area contributed by atoms with Crippen molar-refractivity contribution < 1.29 is 14.3 Å². The van der Waals surface area contributed by atoms with Gasteiger partial charge in [0.25, 0.3) is 5.91 Å². The van der Waals surface area contributed by atoms with Crippen molar-refractivity contribution in [2.24, 2.45) is 5.73 Å². The van der Waals surface area contributed by atoms with Gasteiger partial charge in [0.2, 0.25) is 0 Å². The molecule has 1 amide bonds. The van der Waals surface area contributed by atoms with Crippen LogP contribution in [0.4, 0.5) is 0 Å². The Hall–Kier alpha value is -1.59. The van der Waals surface area contributed by atoms with Crippen LogP contribution in [0.1, 0.15) is 29.6 Å². The number of ether oxygens (including phenoxy) is 2. The van der Waals surface area contributed by atoms with Crippen molar-refractivity contribution in [2.45, 2.75) is 25.4 Å². The molecule has 0 aliphatic carbocycles. The molecule has 0 saturated carbocycles. The third-order valence-electron chi connectivity index (χ3n) is 3.77. The van der Waals surface area contributed by atoms with Gasteiger partial charge in [0.05, 0.1) is 13.2 Å². The van der Waals surface area contributed by atoms with Crippen LogP contribution < -0.4 is 10.5 Å². The highest BCUT2D eigenvalue weighted by Crippen LogP contribution is 2.18. The van der Waals surface area contributed by atoms with E-state index in [0.717, 1.165) is 38.1 Å². The van der Waals surface area contributed by atoms with Gasteiger partial charge in [-0.15, -0.1) is 0 Å². The predicted molar refractivity (Wildman–Crippen MR) is 81.5 cm³/mol. The summed E-state index contributed by atoms with van der Waals surface area (Å²) in [7, 11) is 1.62. The SMILES string of the molecule is COc1ccc(C(=O)N2CCC(OCCCN)CC2)cc1. The molecule has 0 spiro atoms. The zero-order chi connectivity index (χ0) is 15.1. The summed E-state index contributed by atoms with van der Waals surface area (Å²) >= 11 is 0. The number of hydrogen-bond acceptors (Lipinski definition) is 4. The molecule has 116 valence electrons. The second-order valence-corrected chi connectivity index (χ2v) is 5.23. The van der Waals surface area contributed by atoms with E-state index >= 15 is 0 Å². The summed E-state index contributed by atoms with van der Waals surface area (Å²) in [5, 5.41) is 0. The van der Waals surface area contributed by atoms with Crippen LogP contribution >= 0.6 is 0 Å². The van der Waals surface area contributed by atoms with Crippen molar-refractivity contribution >= 4 is 5.91 Å². The number of nitrogens with zero attached hydrogens (tertiary/aromatic N) is 1. The first-order chi connectivity index (χ1) is 10.2. The lowest BCUT2D eigenvalue weighted by Crippen LogP contribution is -2.41. The molecular formula is C16H24N2O3. The molecule has 1 fully saturated rings. The molecule has 0 atom stereocenters. The molecule has 0 bridgehead atoms. The number of rotatable bonds is 6. The molecule has 1 aromatic rings. The molecule has 1 heterocycles. The smallest absolute Gasteiger partial charge is 0.253 e. The fourth-order valence-electron chi connectivity index (χ4n) is 2.48. The first kappa shape index (κ1) is 15.8. The van der Waals surface area contributed by atoms with Crippen LogP contribution in [-0.4, -0.2) is 50.3 Å². The first-order valence-corrected chi connectivity index (χ1v) is 7.49. The second-order valence-electron chi connectivity index (χ2n) is 5.23. The Morgan fingerprint density at radius 2 is 1.95 bits per heavy atom. The number of piperidine rings is 1. The normalized spacial score (nSPS) is 16.0. The van der Waals surface area contributed by atoms with Gasteiger partial charge < -0.3 is 20.1 Å². The van der Waals surface area contributed by atoms with E-state index in [0.29, 0.717) is 18.7 Å². The maximum atomic E-state index is 12.4. The monoisotopic (exact) mass is 292 g/mol. The second kappa shape index (κ2) is 8.00. The van der Waals surface area contributed by atoms with E-state index in [4.69, 9.17) is 15.2 Å². The highest BCUT2D eigenvalue weighted by atomic mass is 16.5. The Morgan fingerprint density at radius 1 is 1.29 bits per heavy atom. The number of hydrogen-bond donors (Lipinski definition) is 1. The van der Waals surface area contributed by atoms with Crippen molar-refractivity contribution in [3.8, 4) is 5.75 Å². The molecule has 0 radical (unpaired) electrons. The van der Waals surface area contributed by atoms with Crippen molar-refractivity contribution in [3.05, 3.63) is 29.8 Å². The van der Waals surface area contributed by atoms with E-state index < -0.39 is 0 Å². The van der Waals surface area contributed by atoms with Gasteiger partial charge in [-0.3, -0.25) is 4.79 Å². The van der Waals surface area contributed by atoms with E-state index in [1.807, 2.05) is 29.2 Å². The Labute approximate surface area is 126 Å². The van der Waals surface area contributed by atoms with Crippen molar-refractivity contribution in [2.75, 3.05) is 33.4 Å². The van der Waals surface area contributed by atoms with Crippen molar-refractivity contribution in [1.29, 1.82) is 0 Å². The summed E-state index contributed by atoms with van der Waals surface area (Å²) in [5.41, 5.74) is 6.16. The maximum Gasteiger partial charge on any atom is 0.253 e. The lowest BCUT2D eigenvalue weighted by molar-refractivity contribution is 0.00845. The molecule has 5 nitrogen and oxygen atoms in total. The van der Waals surface area contributed by atoms with Crippen LogP contribution in [0, 0.1) is 0 Å². The Bertz CT molecular complexity index is 439. The third-order valence-corrected chi connectivity index (χ3v) is 3.77. The van der Waals surface area contributed by atoms with Crippen LogP contribution in [0.3, 0.4) is 0 Å². The van der Waals surface area contributed by atoms with Crippen LogP contribution in [0.2, 0.25) is 0 Å². The maximum absolute atomic E-state index is 12.4. The van der Waals surface area contributed by atoms with Gasteiger partial charge in [-0.25, -0.2) is 0 Å². The number of methoxy groups -OCH3 is 1. The number of benzene rings is 1. The summed E-state index contributed by atoms with van der Waals surface area (Å²) in [6, 6.07) is 7.25. The number of carbonyl (C=O) groups excluding carboxylic acids is 1. The molecule has 2 rings (SSSR count). The predicted octanol–water partition coefficient (Wildman–Crippen LogP) is 1.67. The van der Waals surface area contributed by atoms with E-state index in [1.54, 1.807) is 7.11 Å². The number of amides is 1. The lowest BCUT2D eigenvalue weighted by atomic mass is 10.1. The fourth-order valence-corrected chi connectivity index (χ4v) is 2.48. The van der Waals surface area contributed by atoms with Crippen molar-refractivity contribution in [3.63, 3.8) is 0 Å². The summed E-state index contributed by atoms with van der Waals surface area (Å²) in [6.07, 6.45) is 2.95. The van der Waals surface area contributed by atoms with E-state index in [9.17, 15) is 4.79 Å².